The second kappa shape index (κ2) is 9.35. The quantitative estimate of drug-likeness (QED) is 0.460. The fourth-order valence-corrected chi connectivity index (χ4v) is 4.84. The largest absolute Gasteiger partial charge is 0.392 e. The zero-order valence-corrected chi connectivity index (χ0v) is 19.9. The van der Waals surface area contributed by atoms with E-state index in [4.69, 9.17) is 22.3 Å². The van der Waals surface area contributed by atoms with Gasteiger partial charge in [0.1, 0.15) is 11.0 Å². The van der Waals surface area contributed by atoms with E-state index in [9.17, 15) is 9.90 Å². The van der Waals surface area contributed by atoms with Crippen LogP contribution in [0.5, 0.6) is 0 Å². The molecule has 7 nitrogen and oxygen atoms in total. The third-order valence-corrected chi connectivity index (χ3v) is 6.71. The first-order valence-electron chi connectivity index (χ1n) is 10.8. The van der Waals surface area contributed by atoms with Gasteiger partial charge in [0.2, 0.25) is 5.95 Å². The van der Waals surface area contributed by atoms with Crippen molar-refractivity contribution in [3.63, 3.8) is 0 Å². The van der Waals surface area contributed by atoms with Crippen molar-refractivity contribution < 1.29 is 5.11 Å². The van der Waals surface area contributed by atoms with Gasteiger partial charge in [0, 0.05) is 36.6 Å². The first-order chi connectivity index (χ1) is 15.5. The lowest BCUT2D eigenvalue weighted by Crippen LogP contribution is -2.44. The molecule has 174 valence electrons. The maximum absolute atomic E-state index is 13.6. The van der Waals surface area contributed by atoms with Gasteiger partial charge in [-0.1, -0.05) is 41.9 Å². The molecule has 0 amide bonds. The van der Waals surface area contributed by atoms with Crippen LogP contribution in [0.2, 0.25) is 5.02 Å². The maximum atomic E-state index is 13.6. The Bertz CT molecular complexity index is 1380. The minimum atomic E-state index is -0.130. The van der Waals surface area contributed by atoms with Crippen molar-refractivity contribution in [1.82, 2.24) is 14.1 Å². The molecule has 0 aliphatic carbocycles. The van der Waals surface area contributed by atoms with Gasteiger partial charge in [-0.2, -0.15) is 0 Å². The van der Waals surface area contributed by atoms with Crippen LogP contribution in [0, 0.1) is 0 Å². The van der Waals surface area contributed by atoms with Gasteiger partial charge in [0.15, 0.2) is 0 Å². The predicted molar refractivity (Wildman–Crippen MR) is 136 cm³/mol. The number of aromatic nitrogens is 3. The van der Waals surface area contributed by atoms with Crippen LogP contribution < -0.4 is 16.2 Å². The molecule has 2 aromatic heterocycles. The van der Waals surface area contributed by atoms with Crippen LogP contribution in [0.4, 0.5) is 5.95 Å². The van der Waals surface area contributed by atoms with Crippen LogP contribution in [-0.2, 0) is 20.2 Å². The van der Waals surface area contributed by atoms with Crippen molar-refractivity contribution in [2.75, 3.05) is 18.0 Å². The number of nitrogens with two attached hydrogens (primary N) is 1. The van der Waals surface area contributed by atoms with Gasteiger partial charge in [-0.05, 0) is 36.1 Å². The highest BCUT2D eigenvalue weighted by Gasteiger charge is 2.26. The number of rotatable bonds is 4. The summed E-state index contributed by atoms with van der Waals surface area (Å²) >= 11 is 6.48. The van der Waals surface area contributed by atoms with Gasteiger partial charge in [-0.15, -0.1) is 12.4 Å². The average molecular weight is 488 g/mol. The lowest BCUT2D eigenvalue weighted by atomic mass is 10.1. The van der Waals surface area contributed by atoms with E-state index in [1.807, 2.05) is 47.0 Å². The molecule has 0 spiro atoms. The smallest absolute Gasteiger partial charge is 0.277 e. The van der Waals surface area contributed by atoms with Crippen LogP contribution in [0.3, 0.4) is 0 Å². The normalized spacial score (nSPS) is 16.4. The third-order valence-electron chi connectivity index (χ3n) is 6.34. The molecule has 3 heterocycles. The summed E-state index contributed by atoms with van der Waals surface area (Å²) in [5.41, 5.74) is 9.78. The van der Waals surface area contributed by atoms with E-state index in [0.29, 0.717) is 29.1 Å². The number of fused-ring (bicyclic) bond motifs is 3. The van der Waals surface area contributed by atoms with Crippen molar-refractivity contribution in [3.8, 4) is 0 Å². The van der Waals surface area contributed by atoms with Gasteiger partial charge >= 0.3 is 0 Å². The van der Waals surface area contributed by atoms with Crippen molar-refractivity contribution in [2.24, 2.45) is 12.8 Å². The molecule has 1 atom stereocenters. The van der Waals surface area contributed by atoms with Crippen LogP contribution in [0.15, 0.2) is 47.3 Å². The van der Waals surface area contributed by atoms with Crippen molar-refractivity contribution in [2.45, 2.75) is 32.0 Å². The van der Waals surface area contributed by atoms with Crippen LogP contribution in [-0.4, -0.2) is 38.4 Å². The molecule has 5 rings (SSSR count). The number of nitrogens with zero attached hydrogens (tertiary/aromatic N) is 4. The number of hydrogen-bond acceptors (Lipinski definition) is 5. The summed E-state index contributed by atoms with van der Waals surface area (Å²) in [6, 6.07) is 13.4. The molecule has 1 fully saturated rings. The number of aliphatic hydroxyl groups is 1. The number of anilines is 1. The zero-order valence-electron chi connectivity index (χ0n) is 18.4. The predicted octanol–water partition coefficient (Wildman–Crippen LogP) is 3.43. The molecule has 0 radical (unpaired) electrons. The molecular formula is C24H27Cl2N5O2. The number of piperidine rings is 1. The van der Waals surface area contributed by atoms with Gasteiger partial charge in [-0.3, -0.25) is 4.79 Å². The number of halogens is 2. The summed E-state index contributed by atoms with van der Waals surface area (Å²) in [5.74, 6) is 0.742. The van der Waals surface area contributed by atoms with E-state index in [1.54, 1.807) is 11.6 Å². The summed E-state index contributed by atoms with van der Waals surface area (Å²) in [5, 5.41) is 11.1. The number of aliphatic hydroxyl groups excluding tert-OH is 1. The van der Waals surface area contributed by atoms with E-state index in [0.717, 1.165) is 47.4 Å². The number of hydrogen-bond donors (Lipinski definition) is 2. The number of aryl methyl sites for hydroxylation is 1. The van der Waals surface area contributed by atoms with Gasteiger partial charge in [0.25, 0.3) is 5.56 Å². The van der Waals surface area contributed by atoms with Crippen molar-refractivity contribution in [3.05, 3.63) is 69.0 Å². The highest BCUT2D eigenvalue weighted by Crippen LogP contribution is 2.30. The molecule has 33 heavy (non-hydrogen) atoms. The molecule has 2 aromatic carbocycles. The van der Waals surface area contributed by atoms with Crippen molar-refractivity contribution in [1.29, 1.82) is 0 Å². The van der Waals surface area contributed by atoms with Crippen LogP contribution in [0.25, 0.3) is 21.9 Å². The molecule has 9 heteroatoms. The molecule has 1 saturated heterocycles. The molecule has 3 N–H and O–H groups in total. The number of benzene rings is 2. The molecule has 1 aliphatic heterocycles. The fraction of sp³-hybridized carbons (Fsp3) is 0.333. The lowest BCUT2D eigenvalue weighted by molar-refractivity contribution is 0.282. The van der Waals surface area contributed by atoms with Crippen LogP contribution >= 0.6 is 24.0 Å². The Morgan fingerprint density at radius 3 is 2.76 bits per heavy atom. The Balaban J connectivity index is 0.00000259. The van der Waals surface area contributed by atoms with Gasteiger partial charge in [-0.25, -0.2) is 4.98 Å². The van der Waals surface area contributed by atoms with E-state index < -0.39 is 0 Å². The summed E-state index contributed by atoms with van der Waals surface area (Å²) in [6.45, 7) is 1.89. The Hall–Kier alpha value is -2.58. The second-order valence-corrected chi connectivity index (χ2v) is 8.92. The summed E-state index contributed by atoms with van der Waals surface area (Å²) in [4.78, 5) is 20.7. The number of imidazole rings is 1. The summed E-state index contributed by atoms with van der Waals surface area (Å²) < 4.78 is 3.61. The molecule has 0 bridgehead atoms. The van der Waals surface area contributed by atoms with E-state index in [1.165, 1.54) is 0 Å². The second-order valence-electron chi connectivity index (χ2n) is 8.51. The highest BCUT2D eigenvalue weighted by atomic mass is 35.5. The SMILES string of the molecule is Cl.Cn1c(=O)c2c(nc(N3CCC[C@@H](N)C3)n2Cc2ccccc2Cl)c2ccc(CO)cc21. The fourth-order valence-electron chi connectivity index (χ4n) is 4.65. The monoisotopic (exact) mass is 487 g/mol. The zero-order chi connectivity index (χ0) is 22.4. The Morgan fingerprint density at radius 2 is 2.03 bits per heavy atom. The third kappa shape index (κ3) is 4.10. The van der Waals surface area contributed by atoms with Gasteiger partial charge < -0.3 is 24.9 Å². The Labute approximate surface area is 202 Å². The summed E-state index contributed by atoms with van der Waals surface area (Å²) in [6.07, 6.45) is 1.96. The van der Waals surface area contributed by atoms with E-state index in [2.05, 4.69) is 4.90 Å². The van der Waals surface area contributed by atoms with Crippen LogP contribution in [0.1, 0.15) is 24.0 Å². The standard InChI is InChI=1S/C24H26ClN5O2.ClH/c1-28-20-11-15(14-31)8-9-18(20)21-22(23(28)32)30(12-16-5-2-3-7-19(16)25)24(27-21)29-10-4-6-17(26)13-29;/h2-3,5,7-9,11,17,31H,4,6,10,12-14,26H2,1H3;1H/t17-;/m1./s1. The van der Waals surface area contributed by atoms with Crippen molar-refractivity contribution >= 4 is 51.9 Å². The first kappa shape index (κ1) is 23.6. The summed E-state index contributed by atoms with van der Waals surface area (Å²) in [7, 11) is 1.76. The Morgan fingerprint density at radius 1 is 1.24 bits per heavy atom. The first-order valence-corrected chi connectivity index (χ1v) is 11.2. The average Bonchev–Trinajstić information content (AvgIpc) is 3.18. The topological polar surface area (TPSA) is 89.3 Å². The minimum absolute atomic E-state index is 0. The Kier molecular flexibility index (Phi) is 6.68. The van der Waals surface area contributed by atoms with E-state index >= 15 is 0 Å². The number of pyridine rings is 1. The van der Waals surface area contributed by atoms with E-state index in [-0.39, 0.29) is 30.6 Å². The minimum Gasteiger partial charge on any atom is -0.392 e. The highest BCUT2D eigenvalue weighted by molar-refractivity contribution is 6.31. The molecule has 1 aliphatic rings. The van der Waals surface area contributed by atoms with Gasteiger partial charge in [0.05, 0.1) is 18.7 Å². The molecule has 4 aromatic rings. The lowest BCUT2D eigenvalue weighted by Gasteiger charge is -2.32. The molecule has 0 saturated carbocycles. The molecular weight excluding hydrogens is 461 g/mol. The maximum Gasteiger partial charge on any atom is 0.277 e. The molecule has 0 unspecified atom stereocenters.